The maximum atomic E-state index is 5.65. The van der Waals surface area contributed by atoms with Gasteiger partial charge in [0.15, 0.2) is 0 Å². The minimum Gasteiger partial charge on any atom is -0.193 e. The third kappa shape index (κ3) is 3.54. The number of hydrogen-bond acceptors (Lipinski definition) is 2. The normalized spacial score (nSPS) is 30.4. The van der Waals surface area contributed by atoms with Gasteiger partial charge in [0.25, 0.3) is 5.79 Å². The molecule has 2 atom stereocenters. The Bertz CT molecular complexity index is 695. The largest absolute Gasteiger partial charge is 0.253 e. The lowest BCUT2D eigenvalue weighted by molar-refractivity contribution is 0.0850. The summed E-state index contributed by atoms with van der Waals surface area (Å²) in [5, 5.41) is 0. The summed E-state index contributed by atoms with van der Waals surface area (Å²) in [5.41, 5.74) is 1.14. The Morgan fingerprint density at radius 2 is 1.41 bits per heavy atom. The van der Waals surface area contributed by atoms with Crippen molar-refractivity contribution in [1.29, 1.82) is 0 Å². The van der Waals surface area contributed by atoms with Crippen LogP contribution in [0.4, 0.5) is 0 Å². The second-order valence-electron chi connectivity index (χ2n) is 11.3. The fourth-order valence-electron chi connectivity index (χ4n) is 3.93. The van der Waals surface area contributed by atoms with E-state index in [0.29, 0.717) is 6.42 Å². The summed E-state index contributed by atoms with van der Waals surface area (Å²) in [7, 11) is 0. The van der Waals surface area contributed by atoms with Gasteiger partial charge in [0.05, 0.1) is 6.42 Å². The van der Waals surface area contributed by atoms with Crippen molar-refractivity contribution in [2.24, 2.45) is 27.1 Å². The van der Waals surface area contributed by atoms with Gasteiger partial charge < -0.3 is 0 Å². The molecule has 0 spiro atoms. The Labute approximate surface area is 167 Å². The summed E-state index contributed by atoms with van der Waals surface area (Å²) >= 11 is 0. The van der Waals surface area contributed by atoms with Gasteiger partial charge in [0.2, 0.25) is 0 Å². The van der Waals surface area contributed by atoms with Crippen molar-refractivity contribution in [2.75, 3.05) is 0 Å². The average Bonchev–Trinajstić information content (AvgIpc) is 3.29. The molecule has 2 aliphatic rings. The molecular formula is C25H40O2. The molecule has 0 aromatic carbocycles. The zero-order chi connectivity index (χ0) is 20.9. The lowest BCUT2D eigenvalue weighted by Gasteiger charge is -2.53. The molecule has 152 valence electrons. The van der Waals surface area contributed by atoms with Crippen LogP contribution in [0.25, 0.3) is 0 Å². The molecule has 0 radical (unpaired) electrons. The van der Waals surface area contributed by atoms with Gasteiger partial charge in [-0.2, -0.15) is 9.78 Å². The zero-order valence-corrected chi connectivity index (χ0v) is 19.5. The Balaban J connectivity index is 2.62. The van der Waals surface area contributed by atoms with Crippen LogP contribution in [-0.2, 0) is 9.78 Å². The average molecular weight is 373 g/mol. The van der Waals surface area contributed by atoms with Crippen LogP contribution in [-0.4, -0.2) is 5.79 Å². The van der Waals surface area contributed by atoms with Crippen LogP contribution in [0, 0.1) is 38.9 Å². The molecular weight excluding hydrogens is 332 g/mol. The summed E-state index contributed by atoms with van der Waals surface area (Å²) in [6.07, 6.45) is 8.79. The molecule has 0 bridgehead atoms. The van der Waals surface area contributed by atoms with Crippen molar-refractivity contribution >= 4 is 0 Å². The van der Waals surface area contributed by atoms with E-state index in [2.05, 4.69) is 106 Å². The van der Waals surface area contributed by atoms with Crippen molar-refractivity contribution in [1.82, 2.24) is 0 Å². The molecule has 2 heteroatoms. The summed E-state index contributed by atoms with van der Waals surface area (Å²) in [4.78, 5) is 11.3. The molecule has 0 aromatic heterocycles. The van der Waals surface area contributed by atoms with Gasteiger partial charge in [-0.25, -0.2) is 0 Å². The number of allylic oxidation sites excluding steroid dienone is 3. The minimum absolute atomic E-state index is 0.0322. The molecule has 1 aliphatic heterocycles. The molecule has 1 fully saturated rings. The first-order valence-corrected chi connectivity index (χ1v) is 10.3. The molecule has 1 saturated heterocycles. The highest BCUT2D eigenvalue weighted by molar-refractivity contribution is 5.40. The molecule has 0 saturated carbocycles. The fourth-order valence-corrected chi connectivity index (χ4v) is 3.93. The highest BCUT2D eigenvalue weighted by Gasteiger charge is 2.65. The topological polar surface area (TPSA) is 25.1 Å². The van der Waals surface area contributed by atoms with Crippen LogP contribution in [0.5, 0.6) is 0 Å². The highest BCUT2D eigenvalue weighted by atomic mass is 17.4. The molecule has 0 aromatic rings. The Hall–Kier alpha value is -1.04. The molecule has 2 nitrogen and oxygen atoms in total. The van der Waals surface area contributed by atoms with E-state index in [-0.39, 0.29) is 27.1 Å². The van der Waals surface area contributed by atoms with Gasteiger partial charge in [-0.3, -0.25) is 0 Å². The molecule has 1 aliphatic carbocycles. The van der Waals surface area contributed by atoms with Crippen molar-refractivity contribution < 1.29 is 9.78 Å². The van der Waals surface area contributed by atoms with Gasteiger partial charge in [-0.1, -0.05) is 106 Å². The van der Waals surface area contributed by atoms with Crippen LogP contribution in [0.1, 0.15) is 89.0 Å². The monoisotopic (exact) mass is 372 g/mol. The second-order valence-corrected chi connectivity index (χ2v) is 11.3. The summed E-state index contributed by atoms with van der Waals surface area (Å²) in [5.74, 6) is 5.77. The van der Waals surface area contributed by atoms with Crippen LogP contribution in [0.2, 0.25) is 0 Å². The molecule has 2 unspecified atom stereocenters. The SMILES string of the molecule is CCC#CCC1(C(C)(C)C2=CC(C)(C(C)(C)C)C=CC2(C)C(C)(C)C)OO1. The van der Waals surface area contributed by atoms with E-state index in [1.807, 2.05) is 0 Å². The maximum absolute atomic E-state index is 5.65. The third-order valence-electron chi connectivity index (χ3n) is 7.47. The Morgan fingerprint density at radius 1 is 0.852 bits per heavy atom. The fraction of sp³-hybridized carbons (Fsp3) is 0.760. The third-order valence-corrected chi connectivity index (χ3v) is 7.47. The second kappa shape index (κ2) is 6.50. The zero-order valence-electron chi connectivity index (χ0n) is 19.5. The predicted molar refractivity (Wildman–Crippen MR) is 114 cm³/mol. The highest BCUT2D eigenvalue weighted by Crippen LogP contribution is 2.63. The van der Waals surface area contributed by atoms with Crippen molar-refractivity contribution in [3.05, 3.63) is 23.8 Å². The van der Waals surface area contributed by atoms with Crippen molar-refractivity contribution in [3.8, 4) is 11.8 Å². The first-order chi connectivity index (χ1) is 12.1. The standard InChI is InChI=1S/C25H40O2/c1-12-13-14-15-25(26-27-25)22(8,9)19-18-23(10,20(2,3)4)16-17-24(19,11)21(5,6)7/h16-18H,12,15H2,1-11H3. The van der Waals surface area contributed by atoms with Gasteiger partial charge in [0, 0.05) is 22.7 Å². The predicted octanol–water partition coefficient (Wildman–Crippen LogP) is 7.08. The first-order valence-electron chi connectivity index (χ1n) is 10.3. The lowest BCUT2D eigenvalue weighted by Crippen LogP contribution is -2.48. The number of rotatable bonds is 3. The summed E-state index contributed by atoms with van der Waals surface area (Å²) in [6.45, 7) is 25.2. The van der Waals surface area contributed by atoms with Crippen molar-refractivity contribution in [2.45, 2.75) is 94.8 Å². The van der Waals surface area contributed by atoms with Gasteiger partial charge in [0.1, 0.15) is 0 Å². The van der Waals surface area contributed by atoms with E-state index in [1.165, 1.54) is 5.57 Å². The van der Waals surface area contributed by atoms with Crippen LogP contribution < -0.4 is 0 Å². The van der Waals surface area contributed by atoms with Crippen LogP contribution in [0.15, 0.2) is 23.8 Å². The Morgan fingerprint density at radius 3 is 1.81 bits per heavy atom. The quantitative estimate of drug-likeness (QED) is 0.229. The van der Waals surface area contributed by atoms with E-state index in [4.69, 9.17) is 9.78 Å². The first kappa shape index (κ1) is 22.3. The molecule has 1 heterocycles. The summed E-state index contributed by atoms with van der Waals surface area (Å²) < 4.78 is 0. The molecule has 27 heavy (non-hydrogen) atoms. The van der Waals surface area contributed by atoms with E-state index in [0.717, 1.165) is 6.42 Å². The lowest BCUT2D eigenvalue weighted by atomic mass is 9.50. The maximum Gasteiger partial charge on any atom is 0.253 e. The van der Waals surface area contributed by atoms with Crippen LogP contribution >= 0.6 is 0 Å². The molecule has 0 N–H and O–H groups in total. The van der Waals surface area contributed by atoms with Crippen molar-refractivity contribution in [3.63, 3.8) is 0 Å². The Kier molecular flexibility index (Phi) is 5.35. The van der Waals surface area contributed by atoms with E-state index < -0.39 is 5.79 Å². The smallest absolute Gasteiger partial charge is 0.193 e. The molecule has 2 rings (SSSR count). The van der Waals surface area contributed by atoms with Crippen LogP contribution in [0.3, 0.4) is 0 Å². The number of hydrogen-bond donors (Lipinski definition) is 0. The van der Waals surface area contributed by atoms with Gasteiger partial charge >= 0.3 is 0 Å². The van der Waals surface area contributed by atoms with Gasteiger partial charge in [-0.05, 0) is 10.8 Å². The summed E-state index contributed by atoms with van der Waals surface area (Å²) in [6, 6.07) is 0. The van der Waals surface area contributed by atoms with E-state index in [1.54, 1.807) is 0 Å². The van der Waals surface area contributed by atoms with Gasteiger partial charge in [-0.15, -0.1) is 5.92 Å². The minimum atomic E-state index is -0.655. The van der Waals surface area contributed by atoms with E-state index >= 15 is 0 Å². The van der Waals surface area contributed by atoms with E-state index in [9.17, 15) is 0 Å². The molecule has 0 amide bonds.